The van der Waals surface area contributed by atoms with Crippen LogP contribution < -0.4 is 5.32 Å². The Hall–Kier alpha value is -4.11. The molecule has 1 aliphatic heterocycles. The minimum Gasteiger partial charge on any atom is -0.348 e. The van der Waals surface area contributed by atoms with Crippen LogP contribution in [-0.2, 0) is 4.79 Å². The molecule has 2 aromatic carbocycles. The second-order valence-corrected chi connectivity index (χ2v) is 9.53. The molecule has 37 heavy (non-hydrogen) atoms. The number of H-pyrrole nitrogens is 1. The molecule has 2 N–H and O–H groups in total. The molecule has 8 nitrogen and oxygen atoms in total. The molecule has 5 rings (SSSR count). The van der Waals surface area contributed by atoms with E-state index in [0.29, 0.717) is 24.2 Å². The van der Waals surface area contributed by atoms with E-state index in [4.69, 9.17) is 0 Å². The van der Waals surface area contributed by atoms with Crippen molar-refractivity contribution >= 4 is 22.7 Å². The molecule has 2 amide bonds. The molecule has 0 bridgehead atoms. The third-order valence-corrected chi connectivity index (χ3v) is 6.81. The van der Waals surface area contributed by atoms with E-state index in [0.717, 1.165) is 35.0 Å². The molecular formula is C28H29FN6O2. The lowest BCUT2D eigenvalue weighted by Gasteiger charge is -2.39. The van der Waals surface area contributed by atoms with Crippen molar-refractivity contribution < 1.29 is 14.0 Å². The fraction of sp³-hybridized carbons (Fsp3) is 0.286. The quantitative estimate of drug-likeness (QED) is 0.420. The summed E-state index contributed by atoms with van der Waals surface area (Å²) in [6.45, 7) is 1.09. The number of pyridine rings is 1. The number of likely N-dealkylation sites (N-methyl/N-ethyl adjacent to an activating group) is 1. The van der Waals surface area contributed by atoms with Crippen LogP contribution in [0.5, 0.6) is 0 Å². The van der Waals surface area contributed by atoms with Gasteiger partial charge in [0.25, 0.3) is 5.91 Å². The molecule has 1 unspecified atom stereocenters. The number of benzene rings is 2. The maximum absolute atomic E-state index is 14.7. The largest absolute Gasteiger partial charge is 0.348 e. The van der Waals surface area contributed by atoms with Crippen LogP contribution >= 0.6 is 0 Å². The number of carbonyl (C=O) groups excluding carboxylic acids is 2. The van der Waals surface area contributed by atoms with Crippen LogP contribution in [0.4, 0.5) is 4.39 Å². The van der Waals surface area contributed by atoms with Gasteiger partial charge in [0.1, 0.15) is 17.6 Å². The van der Waals surface area contributed by atoms with Gasteiger partial charge in [-0.15, -0.1) is 0 Å². The summed E-state index contributed by atoms with van der Waals surface area (Å²) in [5.41, 5.74) is 3.37. The van der Waals surface area contributed by atoms with Gasteiger partial charge in [-0.25, -0.2) is 4.39 Å². The van der Waals surface area contributed by atoms with E-state index in [1.807, 2.05) is 29.2 Å². The highest BCUT2D eigenvalue weighted by Crippen LogP contribution is 2.29. The normalized spacial score (nSPS) is 16.9. The topological polar surface area (TPSA) is 94.2 Å². The number of amides is 2. The molecule has 3 heterocycles. The van der Waals surface area contributed by atoms with Crippen molar-refractivity contribution in [3.63, 3.8) is 0 Å². The van der Waals surface area contributed by atoms with Crippen LogP contribution in [-0.4, -0.2) is 70.0 Å². The Morgan fingerprint density at radius 3 is 2.68 bits per heavy atom. The van der Waals surface area contributed by atoms with E-state index in [1.54, 1.807) is 50.8 Å². The molecule has 1 aliphatic rings. The zero-order valence-electron chi connectivity index (χ0n) is 20.8. The van der Waals surface area contributed by atoms with Crippen LogP contribution in [0.3, 0.4) is 0 Å². The Balaban J connectivity index is 1.36. The summed E-state index contributed by atoms with van der Waals surface area (Å²) >= 11 is 0. The van der Waals surface area contributed by atoms with Crippen molar-refractivity contribution in [3.8, 4) is 11.3 Å². The van der Waals surface area contributed by atoms with Crippen LogP contribution in [0.2, 0.25) is 0 Å². The second-order valence-electron chi connectivity index (χ2n) is 9.53. The maximum atomic E-state index is 14.7. The lowest BCUT2D eigenvalue weighted by atomic mass is 9.97. The van der Waals surface area contributed by atoms with Crippen molar-refractivity contribution in [1.82, 2.24) is 30.3 Å². The monoisotopic (exact) mass is 500 g/mol. The van der Waals surface area contributed by atoms with Crippen LogP contribution in [0, 0.1) is 5.82 Å². The predicted octanol–water partition coefficient (Wildman–Crippen LogP) is 3.79. The Morgan fingerprint density at radius 2 is 1.92 bits per heavy atom. The number of hydrogen-bond acceptors (Lipinski definition) is 5. The van der Waals surface area contributed by atoms with Gasteiger partial charge in [0.2, 0.25) is 5.91 Å². The molecule has 0 saturated carbocycles. The second kappa shape index (κ2) is 10.5. The summed E-state index contributed by atoms with van der Waals surface area (Å²) in [6, 6.07) is 14.7. The number of piperidine rings is 1. The van der Waals surface area contributed by atoms with Gasteiger partial charge in [-0.05, 0) is 55.8 Å². The van der Waals surface area contributed by atoms with Crippen LogP contribution in [0.1, 0.15) is 34.8 Å². The number of carbonyl (C=O) groups is 2. The number of aromatic amines is 1. The van der Waals surface area contributed by atoms with Crippen molar-refractivity contribution in [2.24, 2.45) is 0 Å². The van der Waals surface area contributed by atoms with Crippen LogP contribution in [0.25, 0.3) is 22.2 Å². The van der Waals surface area contributed by atoms with Crippen molar-refractivity contribution in [2.45, 2.75) is 24.9 Å². The lowest BCUT2D eigenvalue weighted by molar-refractivity contribution is -0.135. The fourth-order valence-electron chi connectivity index (χ4n) is 4.94. The summed E-state index contributed by atoms with van der Waals surface area (Å²) in [6.07, 6.45) is 4.97. The van der Waals surface area contributed by atoms with Gasteiger partial charge in [0.05, 0.1) is 5.52 Å². The molecule has 4 aromatic rings. The number of hydrogen-bond donors (Lipinski definition) is 2. The van der Waals surface area contributed by atoms with E-state index < -0.39 is 11.9 Å². The molecule has 0 spiro atoms. The molecule has 1 saturated heterocycles. The number of rotatable bonds is 6. The minimum atomic E-state index is -0.749. The molecule has 0 aliphatic carbocycles. The first-order chi connectivity index (χ1) is 17.9. The van der Waals surface area contributed by atoms with Crippen molar-refractivity contribution in [3.05, 3.63) is 83.9 Å². The average molecular weight is 501 g/mol. The van der Waals surface area contributed by atoms with Crippen molar-refractivity contribution in [2.75, 3.05) is 27.2 Å². The van der Waals surface area contributed by atoms with Gasteiger partial charge >= 0.3 is 0 Å². The number of nitrogens with one attached hydrogen (secondary N) is 2. The number of fused-ring (bicyclic) bond motifs is 1. The summed E-state index contributed by atoms with van der Waals surface area (Å²) in [4.78, 5) is 33.9. The van der Waals surface area contributed by atoms with E-state index in [1.165, 1.54) is 11.0 Å². The Labute approximate surface area is 214 Å². The van der Waals surface area contributed by atoms with Gasteiger partial charge in [0.15, 0.2) is 0 Å². The zero-order valence-corrected chi connectivity index (χ0v) is 20.8. The first-order valence-corrected chi connectivity index (χ1v) is 12.3. The van der Waals surface area contributed by atoms with Gasteiger partial charge in [0, 0.05) is 61.2 Å². The highest BCUT2D eigenvalue weighted by atomic mass is 19.1. The lowest BCUT2D eigenvalue weighted by Crippen LogP contribution is -2.51. The number of aromatic nitrogens is 3. The fourth-order valence-corrected chi connectivity index (χ4v) is 4.94. The summed E-state index contributed by atoms with van der Waals surface area (Å²) in [5.74, 6) is -0.796. The Morgan fingerprint density at radius 1 is 1.14 bits per heavy atom. The standard InChI is InChI=1S/C28H29FN6O2/c1-34(2)28(37)26(21-7-3-4-8-23(21)29)35-15-5-6-20(17-35)31-27(36)19-9-10-24-22(16-19)25(33-32-24)18-11-13-30-14-12-18/h3-4,7-14,16,20,26H,5-6,15,17H2,1-2H3,(H,31,36)(H,32,33)/t20-,26?/m1/s1. The van der Waals surface area contributed by atoms with Gasteiger partial charge in [-0.3, -0.25) is 24.6 Å². The summed E-state index contributed by atoms with van der Waals surface area (Å²) in [7, 11) is 3.34. The van der Waals surface area contributed by atoms with E-state index in [9.17, 15) is 14.0 Å². The SMILES string of the molecule is CN(C)C(=O)C(c1ccccc1F)N1CCC[C@@H](NC(=O)c2ccc3[nH]nc(-c4ccncc4)c3c2)C1. The van der Waals surface area contributed by atoms with Gasteiger partial charge in [-0.2, -0.15) is 5.10 Å². The highest BCUT2D eigenvalue weighted by molar-refractivity contribution is 6.01. The van der Waals surface area contributed by atoms with Crippen LogP contribution in [0.15, 0.2) is 67.0 Å². The zero-order chi connectivity index (χ0) is 25.9. The molecular weight excluding hydrogens is 471 g/mol. The third-order valence-electron chi connectivity index (χ3n) is 6.81. The summed E-state index contributed by atoms with van der Waals surface area (Å²) in [5, 5.41) is 11.4. The third kappa shape index (κ3) is 5.08. The molecule has 1 fully saturated rings. The molecule has 2 atom stereocenters. The Bertz CT molecular complexity index is 1420. The maximum Gasteiger partial charge on any atom is 0.251 e. The minimum absolute atomic E-state index is 0.176. The van der Waals surface area contributed by atoms with Gasteiger partial charge < -0.3 is 10.2 Å². The first kappa shape index (κ1) is 24.6. The highest BCUT2D eigenvalue weighted by Gasteiger charge is 2.34. The van der Waals surface area contributed by atoms with E-state index in [2.05, 4.69) is 20.5 Å². The van der Waals surface area contributed by atoms with E-state index in [-0.39, 0.29) is 17.9 Å². The number of halogens is 1. The number of likely N-dealkylation sites (tertiary alicyclic amines) is 1. The summed E-state index contributed by atoms with van der Waals surface area (Å²) < 4.78 is 14.7. The molecule has 2 aromatic heterocycles. The molecule has 9 heteroatoms. The first-order valence-electron chi connectivity index (χ1n) is 12.3. The Kier molecular flexibility index (Phi) is 6.96. The number of nitrogens with zero attached hydrogens (tertiary/aromatic N) is 4. The molecule has 0 radical (unpaired) electrons. The predicted molar refractivity (Wildman–Crippen MR) is 139 cm³/mol. The smallest absolute Gasteiger partial charge is 0.251 e. The van der Waals surface area contributed by atoms with Crippen molar-refractivity contribution in [1.29, 1.82) is 0 Å². The molecule has 190 valence electrons. The average Bonchev–Trinajstić information content (AvgIpc) is 3.34. The van der Waals surface area contributed by atoms with Gasteiger partial charge in [-0.1, -0.05) is 18.2 Å². The van der Waals surface area contributed by atoms with E-state index >= 15 is 0 Å².